The second-order valence-corrected chi connectivity index (χ2v) is 3.55. The molecular formula is C10H7F3N4O2. The summed E-state index contributed by atoms with van der Waals surface area (Å²) in [5.41, 5.74) is -0.679. The van der Waals surface area contributed by atoms with Crippen LogP contribution in [0.25, 0.3) is 0 Å². The maximum Gasteiger partial charge on any atom is 0.436 e. The minimum absolute atomic E-state index is 0.0805. The zero-order chi connectivity index (χ0) is 13.9. The minimum Gasteiger partial charge on any atom is -0.338 e. The van der Waals surface area contributed by atoms with Crippen LogP contribution in [0.3, 0.4) is 0 Å². The van der Waals surface area contributed by atoms with E-state index in [0.717, 1.165) is 0 Å². The van der Waals surface area contributed by atoms with Gasteiger partial charge in [-0.05, 0) is 5.56 Å². The summed E-state index contributed by atoms with van der Waals surface area (Å²) in [6.07, 6.45) is -0.543. The van der Waals surface area contributed by atoms with Crippen molar-refractivity contribution in [2.75, 3.05) is 5.32 Å². The first kappa shape index (κ1) is 13.0. The second kappa shape index (κ2) is 5.04. The van der Waals surface area contributed by atoms with E-state index in [0.29, 0.717) is 11.6 Å². The van der Waals surface area contributed by atoms with E-state index in [9.17, 15) is 18.0 Å². The average molecular weight is 272 g/mol. The molecule has 6 nitrogen and oxygen atoms in total. The van der Waals surface area contributed by atoms with Gasteiger partial charge in [0.2, 0.25) is 11.8 Å². The van der Waals surface area contributed by atoms with Crippen LogP contribution in [0, 0.1) is 0 Å². The van der Waals surface area contributed by atoms with Crippen molar-refractivity contribution < 1.29 is 22.5 Å². The molecule has 2 aromatic rings. The third kappa shape index (κ3) is 3.50. The van der Waals surface area contributed by atoms with Crippen molar-refractivity contribution >= 4 is 11.8 Å². The lowest BCUT2D eigenvalue weighted by atomic mass is 10.2. The van der Waals surface area contributed by atoms with Gasteiger partial charge >= 0.3 is 6.18 Å². The number of halogens is 3. The highest BCUT2D eigenvalue weighted by Gasteiger charge is 2.35. The molecule has 0 saturated heterocycles. The van der Waals surface area contributed by atoms with Gasteiger partial charge in [-0.2, -0.15) is 13.2 Å². The van der Waals surface area contributed by atoms with Gasteiger partial charge < -0.3 is 4.52 Å². The van der Waals surface area contributed by atoms with Crippen LogP contribution in [-0.2, 0) is 17.4 Å². The first-order valence-electron chi connectivity index (χ1n) is 5.03. The molecule has 0 fully saturated rings. The number of rotatable bonds is 3. The zero-order valence-electron chi connectivity index (χ0n) is 9.31. The van der Waals surface area contributed by atoms with Gasteiger partial charge in [-0.1, -0.05) is 5.16 Å². The quantitative estimate of drug-likeness (QED) is 0.919. The molecule has 0 aliphatic carbocycles. The van der Waals surface area contributed by atoms with Gasteiger partial charge in [0.05, 0.1) is 6.42 Å². The smallest absolute Gasteiger partial charge is 0.338 e. The molecule has 0 spiro atoms. The molecule has 100 valence electrons. The SMILES string of the molecule is O=C(Cc1cncnc1)Nc1cc(C(F)(F)F)no1. The number of aromatic nitrogens is 3. The molecule has 0 aromatic carbocycles. The molecule has 0 radical (unpaired) electrons. The van der Waals surface area contributed by atoms with Crippen LogP contribution in [0.15, 0.2) is 29.3 Å². The largest absolute Gasteiger partial charge is 0.436 e. The number of carbonyl (C=O) groups is 1. The topological polar surface area (TPSA) is 80.9 Å². The van der Waals surface area contributed by atoms with Gasteiger partial charge in [-0.15, -0.1) is 0 Å². The molecule has 0 aliphatic heterocycles. The third-order valence-electron chi connectivity index (χ3n) is 2.04. The third-order valence-corrected chi connectivity index (χ3v) is 2.04. The molecule has 9 heteroatoms. The molecule has 19 heavy (non-hydrogen) atoms. The van der Waals surface area contributed by atoms with Crippen molar-refractivity contribution in [3.8, 4) is 0 Å². The number of nitrogens with one attached hydrogen (secondary N) is 1. The van der Waals surface area contributed by atoms with Crippen molar-refractivity contribution in [2.45, 2.75) is 12.6 Å². The highest BCUT2D eigenvalue weighted by atomic mass is 19.4. The lowest BCUT2D eigenvalue weighted by Crippen LogP contribution is -2.14. The Kier molecular flexibility index (Phi) is 3.45. The molecule has 1 N–H and O–H groups in total. The Bertz CT molecular complexity index is 568. The van der Waals surface area contributed by atoms with Gasteiger partial charge in [0.25, 0.3) is 0 Å². The van der Waals surface area contributed by atoms with E-state index < -0.39 is 17.8 Å². The number of nitrogens with zero attached hydrogens (tertiary/aromatic N) is 3. The molecule has 0 atom stereocenters. The number of hydrogen-bond donors (Lipinski definition) is 1. The molecule has 2 rings (SSSR count). The first-order valence-corrected chi connectivity index (χ1v) is 5.03. The Labute approximate surface area is 104 Å². The van der Waals surface area contributed by atoms with Crippen LogP contribution >= 0.6 is 0 Å². The van der Waals surface area contributed by atoms with Crippen LogP contribution in [0.1, 0.15) is 11.3 Å². The first-order chi connectivity index (χ1) is 8.95. The van der Waals surface area contributed by atoms with Crippen LogP contribution in [0.2, 0.25) is 0 Å². The molecule has 1 amide bonds. The van der Waals surface area contributed by atoms with E-state index >= 15 is 0 Å². The average Bonchev–Trinajstić information content (AvgIpc) is 2.78. The van der Waals surface area contributed by atoms with Crippen LogP contribution in [0.5, 0.6) is 0 Å². The zero-order valence-corrected chi connectivity index (χ0v) is 9.31. The predicted molar refractivity (Wildman–Crippen MR) is 55.9 cm³/mol. The summed E-state index contributed by atoms with van der Waals surface area (Å²) >= 11 is 0. The fraction of sp³-hybridized carbons (Fsp3) is 0.200. The maximum atomic E-state index is 12.2. The Morgan fingerprint density at radius 2 is 2.00 bits per heavy atom. The summed E-state index contributed by atoms with van der Waals surface area (Å²) < 4.78 is 41.1. The van der Waals surface area contributed by atoms with Crippen LogP contribution < -0.4 is 5.32 Å². The van der Waals surface area contributed by atoms with E-state index in [1.54, 1.807) is 0 Å². The summed E-state index contributed by atoms with van der Waals surface area (Å²) in [4.78, 5) is 18.9. The monoisotopic (exact) mass is 272 g/mol. The highest BCUT2D eigenvalue weighted by Crippen LogP contribution is 2.29. The summed E-state index contributed by atoms with van der Waals surface area (Å²) in [6.45, 7) is 0. The van der Waals surface area contributed by atoms with E-state index in [2.05, 4.69) is 25.0 Å². The van der Waals surface area contributed by atoms with E-state index in [1.165, 1.54) is 18.7 Å². The minimum atomic E-state index is -4.61. The van der Waals surface area contributed by atoms with Crippen molar-refractivity contribution in [2.24, 2.45) is 0 Å². The Hall–Kier alpha value is -2.45. The maximum absolute atomic E-state index is 12.2. The Balaban J connectivity index is 1.98. The number of alkyl halides is 3. The summed E-state index contributed by atoms with van der Waals surface area (Å²) in [7, 11) is 0. The predicted octanol–water partition coefficient (Wildman–Crippen LogP) is 1.66. The second-order valence-electron chi connectivity index (χ2n) is 3.55. The normalized spacial score (nSPS) is 11.3. The standard InChI is InChI=1S/C10H7F3N4O2/c11-10(12,13)7-2-9(19-17-7)16-8(18)1-6-3-14-5-15-4-6/h2-5H,1H2,(H,16,18). The van der Waals surface area contributed by atoms with Crippen LogP contribution in [-0.4, -0.2) is 21.0 Å². The highest BCUT2D eigenvalue weighted by molar-refractivity contribution is 5.90. The summed E-state index contributed by atoms with van der Waals surface area (Å²) in [5.74, 6) is -0.922. The lowest BCUT2D eigenvalue weighted by Gasteiger charge is -2.00. The number of carbonyl (C=O) groups excluding carboxylic acids is 1. The van der Waals surface area contributed by atoms with Crippen molar-refractivity contribution in [1.29, 1.82) is 0 Å². The summed E-state index contributed by atoms with van der Waals surface area (Å²) in [6, 6.07) is 0.611. The number of hydrogen-bond acceptors (Lipinski definition) is 5. The number of amides is 1. The van der Waals surface area contributed by atoms with Gasteiger partial charge in [0.15, 0.2) is 5.69 Å². The van der Waals surface area contributed by atoms with E-state index in [-0.39, 0.29) is 12.3 Å². The molecule has 0 bridgehead atoms. The molecule has 0 unspecified atom stereocenters. The Morgan fingerprint density at radius 3 is 2.58 bits per heavy atom. The van der Waals surface area contributed by atoms with Crippen LogP contribution in [0.4, 0.5) is 19.1 Å². The van der Waals surface area contributed by atoms with Gasteiger partial charge in [0.1, 0.15) is 6.33 Å². The fourth-order valence-electron chi connectivity index (χ4n) is 1.26. The van der Waals surface area contributed by atoms with Gasteiger partial charge in [-0.25, -0.2) is 9.97 Å². The Morgan fingerprint density at radius 1 is 1.32 bits per heavy atom. The van der Waals surface area contributed by atoms with E-state index in [4.69, 9.17) is 0 Å². The lowest BCUT2D eigenvalue weighted by molar-refractivity contribution is -0.142. The molecule has 0 aliphatic rings. The van der Waals surface area contributed by atoms with Gasteiger partial charge in [-0.3, -0.25) is 10.1 Å². The molecule has 2 heterocycles. The molecule has 0 saturated carbocycles. The van der Waals surface area contributed by atoms with Gasteiger partial charge in [0, 0.05) is 18.5 Å². The fourth-order valence-corrected chi connectivity index (χ4v) is 1.26. The summed E-state index contributed by atoms with van der Waals surface area (Å²) in [5, 5.41) is 4.97. The molecule has 2 aromatic heterocycles. The van der Waals surface area contributed by atoms with Crippen molar-refractivity contribution in [3.05, 3.63) is 36.0 Å². The van der Waals surface area contributed by atoms with E-state index in [1.807, 2.05) is 0 Å². The van der Waals surface area contributed by atoms with Crippen molar-refractivity contribution in [3.63, 3.8) is 0 Å². The molecular weight excluding hydrogens is 265 g/mol. The number of anilines is 1. The van der Waals surface area contributed by atoms with Crippen molar-refractivity contribution in [1.82, 2.24) is 15.1 Å².